The van der Waals surface area contributed by atoms with Crippen LogP contribution in [-0.4, -0.2) is 45.6 Å². The molecule has 1 aliphatic rings. The van der Waals surface area contributed by atoms with Crippen molar-refractivity contribution in [2.75, 3.05) is 13.1 Å². The molecule has 0 aliphatic carbocycles. The van der Waals surface area contributed by atoms with E-state index in [-0.39, 0.29) is 17.9 Å². The third-order valence-electron chi connectivity index (χ3n) is 6.09. The fourth-order valence-electron chi connectivity index (χ4n) is 4.28. The molecule has 1 N–H and O–H groups in total. The van der Waals surface area contributed by atoms with Crippen LogP contribution in [0.15, 0.2) is 84.4 Å². The molecule has 4 aromatic rings. The summed E-state index contributed by atoms with van der Waals surface area (Å²) < 4.78 is 1.85. The number of carbonyl (C=O) groups excluding carboxylic acids is 2. The SMILES string of the molecule is O=C(NC1CCN(C(=O)c2cn(Cc3ccccc3)nc2-c2cccs2)CC1)c1ccccc1. The van der Waals surface area contributed by atoms with Gasteiger partial charge in [-0.3, -0.25) is 14.3 Å². The summed E-state index contributed by atoms with van der Waals surface area (Å²) in [5.74, 6) is -0.0666. The zero-order chi connectivity index (χ0) is 23.3. The predicted octanol–water partition coefficient (Wildman–Crippen LogP) is 4.69. The van der Waals surface area contributed by atoms with E-state index >= 15 is 0 Å². The van der Waals surface area contributed by atoms with Crippen LogP contribution in [0.2, 0.25) is 0 Å². The van der Waals surface area contributed by atoms with E-state index < -0.39 is 0 Å². The minimum Gasteiger partial charge on any atom is -0.349 e. The molecule has 7 heteroatoms. The third-order valence-corrected chi connectivity index (χ3v) is 6.96. The summed E-state index contributed by atoms with van der Waals surface area (Å²) in [5.41, 5.74) is 3.16. The summed E-state index contributed by atoms with van der Waals surface area (Å²) in [6, 6.07) is 23.4. The van der Waals surface area contributed by atoms with Gasteiger partial charge >= 0.3 is 0 Å². The van der Waals surface area contributed by atoms with Crippen LogP contribution >= 0.6 is 11.3 Å². The quantitative estimate of drug-likeness (QED) is 0.444. The first-order chi connectivity index (χ1) is 16.7. The van der Waals surface area contributed by atoms with Gasteiger partial charge in [-0.15, -0.1) is 11.3 Å². The number of amides is 2. The van der Waals surface area contributed by atoms with Gasteiger partial charge in [-0.25, -0.2) is 0 Å². The molecule has 1 aliphatic heterocycles. The molecule has 1 fully saturated rings. The van der Waals surface area contributed by atoms with Gasteiger partial charge in [0, 0.05) is 30.9 Å². The first-order valence-corrected chi connectivity index (χ1v) is 12.4. The van der Waals surface area contributed by atoms with Crippen molar-refractivity contribution >= 4 is 23.2 Å². The Morgan fingerprint density at radius 2 is 1.65 bits per heavy atom. The van der Waals surface area contributed by atoms with E-state index in [1.807, 2.05) is 81.8 Å². The summed E-state index contributed by atoms with van der Waals surface area (Å²) in [5, 5.41) is 9.88. The maximum atomic E-state index is 13.5. The van der Waals surface area contributed by atoms with Crippen LogP contribution in [0.3, 0.4) is 0 Å². The molecule has 172 valence electrons. The molecule has 0 spiro atoms. The van der Waals surface area contributed by atoms with Crippen LogP contribution in [0.25, 0.3) is 10.6 Å². The Morgan fingerprint density at radius 1 is 0.941 bits per heavy atom. The number of nitrogens with one attached hydrogen (secondary N) is 1. The van der Waals surface area contributed by atoms with E-state index in [2.05, 4.69) is 17.4 Å². The predicted molar refractivity (Wildman–Crippen MR) is 134 cm³/mol. The number of rotatable bonds is 6. The normalized spacial score (nSPS) is 14.2. The minimum absolute atomic E-state index is 0.00412. The molecule has 0 atom stereocenters. The monoisotopic (exact) mass is 470 g/mol. The standard InChI is InChI=1S/C27H26N4O2S/c32-26(21-10-5-2-6-11-21)28-22-13-15-30(16-14-22)27(33)23-19-31(18-20-8-3-1-4-9-20)29-25(23)24-12-7-17-34-24/h1-12,17,19,22H,13-16,18H2,(H,28,32). The fourth-order valence-corrected chi connectivity index (χ4v) is 5.00. The van der Waals surface area contributed by atoms with Gasteiger partial charge in [0.05, 0.1) is 17.0 Å². The highest BCUT2D eigenvalue weighted by Gasteiger charge is 2.28. The number of piperidine rings is 1. The second kappa shape index (κ2) is 10.1. The van der Waals surface area contributed by atoms with Crippen LogP contribution in [0.1, 0.15) is 39.1 Å². The van der Waals surface area contributed by atoms with E-state index in [4.69, 9.17) is 5.10 Å². The van der Waals surface area contributed by atoms with Crippen LogP contribution < -0.4 is 5.32 Å². The van der Waals surface area contributed by atoms with Gasteiger partial charge < -0.3 is 10.2 Å². The van der Waals surface area contributed by atoms with Crippen molar-refractivity contribution in [3.05, 3.63) is 101 Å². The van der Waals surface area contributed by atoms with Crippen molar-refractivity contribution < 1.29 is 9.59 Å². The number of likely N-dealkylation sites (tertiary alicyclic amines) is 1. The van der Waals surface area contributed by atoms with Crippen molar-refractivity contribution in [3.63, 3.8) is 0 Å². The van der Waals surface area contributed by atoms with Gasteiger partial charge in [0.15, 0.2) is 0 Å². The average Bonchev–Trinajstić information content (AvgIpc) is 3.55. The lowest BCUT2D eigenvalue weighted by molar-refractivity contribution is 0.0698. The highest BCUT2D eigenvalue weighted by Crippen LogP contribution is 2.28. The topological polar surface area (TPSA) is 67.2 Å². The lowest BCUT2D eigenvalue weighted by atomic mass is 10.0. The fraction of sp³-hybridized carbons (Fsp3) is 0.222. The number of thiophene rings is 1. The second-order valence-corrected chi connectivity index (χ2v) is 9.41. The Kier molecular flexibility index (Phi) is 6.53. The van der Waals surface area contributed by atoms with Gasteiger partial charge in [0.2, 0.25) is 0 Å². The number of nitrogens with zero attached hydrogens (tertiary/aromatic N) is 3. The van der Waals surface area contributed by atoms with Crippen molar-refractivity contribution in [1.82, 2.24) is 20.0 Å². The van der Waals surface area contributed by atoms with Gasteiger partial charge in [-0.1, -0.05) is 54.6 Å². The number of hydrogen-bond donors (Lipinski definition) is 1. The Hall–Kier alpha value is -3.71. The van der Waals surface area contributed by atoms with Crippen LogP contribution in [0.4, 0.5) is 0 Å². The van der Waals surface area contributed by atoms with Crippen molar-refractivity contribution in [2.24, 2.45) is 0 Å². The number of aromatic nitrogens is 2. The molecule has 3 heterocycles. The van der Waals surface area contributed by atoms with Crippen molar-refractivity contribution in [3.8, 4) is 10.6 Å². The van der Waals surface area contributed by atoms with Gasteiger partial charge in [0.25, 0.3) is 11.8 Å². The first kappa shape index (κ1) is 22.1. The van der Waals surface area contributed by atoms with Crippen LogP contribution in [0.5, 0.6) is 0 Å². The van der Waals surface area contributed by atoms with E-state index in [1.165, 1.54) is 0 Å². The highest BCUT2D eigenvalue weighted by molar-refractivity contribution is 7.13. The Morgan fingerprint density at radius 3 is 2.32 bits per heavy atom. The zero-order valence-electron chi connectivity index (χ0n) is 18.8. The molecular weight excluding hydrogens is 444 g/mol. The van der Waals surface area contributed by atoms with Crippen LogP contribution in [0, 0.1) is 0 Å². The smallest absolute Gasteiger partial charge is 0.257 e. The molecule has 0 bridgehead atoms. The zero-order valence-corrected chi connectivity index (χ0v) is 19.6. The lowest BCUT2D eigenvalue weighted by Gasteiger charge is -2.32. The maximum Gasteiger partial charge on any atom is 0.257 e. The summed E-state index contributed by atoms with van der Waals surface area (Å²) in [6.45, 7) is 1.82. The molecule has 2 amide bonds. The summed E-state index contributed by atoms with van der Waals surface area (Å²) >= 11 is 1.58. The van der Waals surface area contributed by atoms with Crippen LogP contribution in [-0.2, 0) is 6.54 Å². The molecule has 0 saturated carbocycles. The third kappa shape index (κ3) is 4.94. The molecule has 6 nitrogen and oxygen atoms in total. The maximum absolute atomic E-state index is 13.5. The summed E-state index contributed by atoms with van der Waals surface area (Å²) in [4.78, 5) is 28.9. The number of hydrogen-bond acceptors (Lipinski definition) is 4. The molecule has 2 aromatic heterocycles. The van der Waals surface area contributed by atoms with Gasteiger partial charge in [-0.2, -0.15) is 5.10 Å². The molecular formula is C27H26N4O2S. The minimum atomic E-state index is -0.0625. The summed E-state index contributed by atoms with van der Waals surface area (Å²) in [6.07, 6.45) is 3.33. The number of benzene rings is 2. The van der Waals surface area contributed by atoms with E-state index in [0.29, 0.717) is 30.8 Å². The molecule has 5 rings (SSSR count). The first-order valence-electron chi connectivity index (χ1n) is 11.5. The van der Waals surface area contributed by atoms with E-state index in [0.717, 1.165) is 29.0 Å². The lowest BCUT2D eigenvalue weighted by Crippen LogP contribution is -2.46. The average molecular weight is 471 g/mol. The Labute approximate surface area is 202 Å². The molecule has 0 radical (unpaired) electrons. The largest absolute Gasteiger partial charge is 0.349 e. The van der Waals surface area contributed by atoms with Crippen molar-refractivity contribution in [2.45, 2.75) is 25.4 Å². The van der Waals surface area contributed by atoms with E-state index in [9.17, 15) is 9.59 Å². The number of carbonyl (C=O) groups is 2. The molecule has 34 heavy (non-hydrogen) atoms. The Bertz CT molecular complexity index is 1240. The molecule has 0 unspecified atom stereocenters. The van der Waals surface area contributed by atoms with Gasteiger partial charge in [0.1, 0.15) is 5.69 Å². The molecule has 2 aromatic carbocycles. The van der Waals surface area contributed by atoms with Crippen molar-refractivity contribution in [1.29, 1.82) is 0 Å². The van der Waals surface area contributed by atoms with E-state index in [1.54, 1.807) is 11.3 Å². The molecule has 1 saturated heterocycles. The summed E-state index contributed by atoms with van der Waals surface area (Å²) in [7, 11) is 0. The Balaban J connectivity index is 1.28. The van der Waals surface area contributed by atoms with Gasteiger partial charge in [-0.05, 0) is 42.0 Å². The highest BCUT2D eigenvalue weighted by atomic mass is 32.1. The second-order valence-electron chi connectivity index (χ2n) is 8.46.